The van der Waals surface area contributed by atoms with Gasteiger partial charge >= 0.3 is 0 Å². The van der Waals surface area contributed by atoms with Gasteiger partial charge in [-0.3, -0.25) is 0 Å². The van der Waals surface area contributed by atoms with Crippen molar-refractivity contribution in [2.45, 2.75) is 46.8 Å². The van der Waals surface area contributed by atoms with Crippen LogP contribution < -0.4 is 24.4 Å². The van der Waals surface area contributed by atoms with Crippen LogP contribution in [0, 0.1) is 0 Å². The SMILES string of the molecule is CNS(=O)(=O)c1cccc(OC[C@@H](O)CN[C@@H]2COC3(CCN(S(=O)(=O)c4cnc5c(c4)N(C)CCO5)CC3)C2)c1. The van der Waals surface area contributed by atoms with E-state index in [2.05, 4.69) is 15.0 Å². The Labute approximate surface area is 240 Å². The lowest BCUT2D eigenvalue weighted by molar-refractivity contribution is -0.0312. The first-order valence-electron chi connectivity index (χ1n) is 13.6. The number of ether oxygens (including phenoxy) is 3. The molecule has 0 amide bonds. The second kappa shape index (κ2) is 12.0. The molecule has 0 saturated carbocycles. The average molecular weight is 612 g/mol. The van der Waals surface area contributed by atoms with Crippen LogP contribution in [-0.2, 0) is 24.8 Å². The van der Waals surface area contributed by atoms with Gasteiger partial charge in [0.05, 0.1) is 29.8 Å². The van der Waals surface area contributed by atoms with Crippen LogP contribution in [0.3, 0.4) is 0 Å². The molecule has 3 aliphatic heterocycles. The molecule has 4 heterocycles. The Bertz CT molecular complexity index is 1450. The summed E-state index contributed by atoms with van der Waals surface area (Å²) in [6.07, 6.45) is 2.39. The molecule has 1 spiro atoms. The zero-order valence-corrected chi connectivity index (χ0v) is 24.8. The highest BCUT2D eigenvalue weighted by Crippen LogP contribution is 2.38. The van der Waals surface area contributed by atoms with Crippen molar-refractivity contribution in [3.63, 3.8) is 0 Å². The molecular weight excluding hydrogens is 574 g/mol. The van der Waals surface area contributed by atoms with Crippen LogP contribution in [-0.4, -0.2) is 109 Å². The van der Waals surface area contributed by atoms with Crippen LogP contribution in [0.4, 0.5) is 5.69 Å². The summed E-state index contributed by atoms with van der Waals surface area (Å²) in [6, 6.07) is 7.72. The van der Waals surface area contributed by atoms with Gasteiger partial charge in [0.25, 0.3) is 0 Å². The molecule has 0 unspecified atom stereocenters. The molecule has 0 aliphatic carbocycles. The van der Waals surface area contributed by atoms with E-state index >= 15 is 0 Å². The van der Waals surface area contributed by atoms with Gasteiger partial charge in [-0.2, -0.15) is 4.31 Å². The fraction of sp³-hybridized carbons (Fsp3) is 0.577. The predicted molar refractivity (Wildman–Crippen MR) is 150 cm³/mol. The normalized spacial score (nSPS) is 21.8. The van der Waals surface area contributed by atoms with Crippen molar-refractivity contribution in [2.24, 2.45) is 0 Å². The summed E-state index contributed by atoms with van der Waals surface area (Å²) in [4.78, 5) is 6.41. The maximum Gasteiger partial charge on any atom is 0.244 e. The molecule has 13 nitrogen and oxygen atoms in total. The molecule has 2 saturated heterocycles. The van der Waals surface area contributed by atoms with Crippen molar-refractivity contribution < 1.29 is 36.2 Å². The average Bonchev–Trinajstić information content (AvgIpc) is 3.37. The summed E-state index contributed by atoms with van der Waals surface area (Å²) in [5, 5.41) is 13.7. The number of benzene rings is 1. The molecule has 3 aliphatic rings. The number of anilines is 1. The molecular formula is C26H37N5O8S2. The Balaban J connectivity index is 1.09. The van der Waals surface area contributed by atoms with Gasteiger partial charge < -0.3 is 29.5 Å². The van der Waals surface area contributed by atoms with Crippen molar-refractivity contribution in [3.05, 3.63) is 36.5 Å². The Kier molecular flexibility index (Phi) is 8.76. The van der Waals surface area contributed by atoms with Gasteiger partial charge in [-0.15, -0.1) is 0 Å². The monoisotopic (exact) mass is 611 g/mol. The lowest BCUT2D eigenvalue weighted by atomic mass is 9.88. The number of piperidine rings is 1. The van der Waals surface area contributed by atoms with E-state index in [9.17, 15) is 21.9 Å². The second-order valence-corrected chi connectivity index (χ2v) is 14.4. The van der Waals surface area contributed by atoms with E-state index in [-0.39, 0.29) is 29.0 Å². The number of rotatable bonds is 10. The van der Waals surface area contributed by atoms with Gasteiger partial charge in [-0.25, -0.2) is 26.5 Å². The first kappa shape index (κ1) is 29.9. The van der Waals surface area contributed by atoms with Crippen molar-refractivity contribution >= 4 is 25.7 Å². The lowest BCUT2D eigenvalue weighted by Crippen LogP contribution is -2.47. The topological polar surface area (TPSA) is 160 Å². The molecule has 5 rings (SSSR count). The summed E-state index contributed by atoms with van der Waals surface area (Å²) < 4.78 is 71.8. The Morgan fingerprint density at radius 2 is 1.95 bits per heavy atom. The standard InChI is InChI=1S/C26H37N5O8S2/c1-27-40(33,34)22-5-3-4-21(12-22)38-18-20(32)15-28-19-14-26(39-17-19)6-8-31(9-7-26)41(35,36)23-13-24-25(29-16-23)37-11-10-30(24)2/h3-5,12-13,16,19-20,27-28,32H,6-11,14-15,17-18H2,1-2H3/t19-,20-/m0/s1. The number of likely N-dealkylation sites (N-methyl/N-ethyl adjacent to an activating group) is 1. The highest BCUT2D eigenvalue weighted by molar-refractivity contribution is 7.89. The maximum atomic E-state index is 13.4. The summed E-state index contributed by atoms with van der Waals surface area (Å²) in [5.74, 6) is 0.788. The third kappa shape index (κ3) is 6.61. The van der Waals surface area contributed by atoms with Gasteiger partial charge in [0.1, 0.15) is 35.7 Å². The Hall–Kier alpha value is -2.53. The summed E-state index contributed by atoms with van der Waals surface area (Å²) in [7, 11) is -4.08. The second-order valence-electron chi connectivity index (χ2n) is 10.6. The molecule has 226 valence electrons. The van der Waals surface area contributed by atoms with E-state index in [0.717, 1.165) is 0 Å². The third-order valence-electron chi connectivity index (χ3n) is 7.83. The van der Waals surface area contributed by atoms with Gasteiger partial charge in [0.2, 0.25) is 25.9 Å². The summed E-state index contributed by atoms with van der Waals surface area (Å²) >= 11 is 0. The fourth-order valence-corrected chi connectivity index (χ4v) is 7.53. The maximum absolute atomic E-state index is 13.4. The van der Waals surface area contributed by atoms with Crippen LogP contribution in [0.15, 0.2) is 46.3 Å². The van der Waals surface area contributed by atoms with Crippen LogP contribution in [0.5, 0.6) is 11.6 Å². The molecule has 0 radical (unpaired) electrons. The highest BCUT2D eigenvalue weighted by Gasteiger charge is 2.45. The van der Waals surface area contributed by atoms with E-state index < -0.39 is 31.8 Å². The van der Waals surface area contributed by atoms with Crippen molar-refractivity contribution in [1.29, 1.82) is 0 Å². The number of hydrogen-bond acceptors (Lipinski definition) is 11. The van der Waals surface area contributed by atoms with E-state index in [1.165, 1.54) is 29.7 Å². The van der Waals surface area contributed by atoms with Gasteiger partial charge in [-0.1, -0.05) is 6.07 Å². The highest BCUT2D eigenvalue weighted by atomic mass is 32.2. The van der Waals surface area contributed by atoms with Crippen LogP contribution in [0.1, 0.15) is 19.3 Å². The first-order chi connectivity index (χ1) is 19.5. The molecule has 2 fully saturated rings. The quantitative estimate of drug-likeness (QED) is 0.336. The number of hydrogen-bond donors (Lipinski definition) is 3. The van der Waals surface area contributed by atoms with Gasteiger partial charge in [0.15, 0.2) is 0 Å². The number of aliphatic hydroxyl groups excluding tert-OH is 1. The van der Waals surface area contributed by atoms with E-state index in [4.69, 9.17) is 14.2 Å². The van der Waals surface area contributed by atoms with Crippen LogP contribution >= 0.6 is 0 Å². The zero-order valence-electron chi connectivity index (χ0n) is 23.2. The van der Waals surface area contributed by atoms with Gasteiger partial charge in [-0.05, 0) is 44.5 Å². The number of nitrogens with one attached hydrogen (secondary N) is 2. The number of sulfonamides is 2. The van der Waals surface area contributed by atoms with Crippen LogP contribution in [0.2, 0.25) is 0 Å². The van der Waals surface area contributed by atoms with Crippen LogP contribution in [0.25, 0.3) is 0 Å². The smallest absolute Gasteiger partial charge is 0.244 e. The molecule has 0 bridgehead atoms. The van der Waals surface area contributed by atoms with E-state index in [0.29, 0.717) is 69.4 Å². The van der Waals surface area contributed by atoms with E-state index in [1.54, 1.807) is 18.2 Å². The lowest BCUT2D eigenvalue weighted by Gasteiger charge is -2.38. The minimum atomic E-state index is -3.71. The fourth-order valence-electron chi connectivity index (χ4n) is 5.36. The van der Waals surface area contributed by atoms with E-state index in [1.807, 2.05) is 11.9 Å². The van der Waals surface area contributed by atoms with Gasteiger partial charge in [0, 0.05) is 38.8 Å². The third-order valence-corrected chi connectivity index (χ3v) is 11.1. The molecule has 1 aromatic heterocycles. The van der Waals surface area contributed by atoms with Crippen molar-refractivity contribution in [2.75, 3.05) is 65.0 Å². The Morgan fingerprint density at radius 1 is 1.17 bits per heavy atom. The number of nitrogens with zero attached hydrogens (tertiary/aromatic N) is 3. The Morgan fingerprint density at radius 3 is 2.71 bits per heavy atom. The number of aromatic nitrogens is 1. The summed E-state index contributed by atoms with van der Waals surface area (Å²) in [5.41, 5.74) is 0.258. The number of pyridine rings is 1. The zero-order chi connectivity index (χ0) is 29.3. The number of fused-ring (bicyclic) bond motifs is 1. The minimum Gasteiger partial charge on any atom is -0.491 e. The summed E-state index contributed by atoms with van der Waals surface area (Å²) in [6.45, 7) is 2.58. The largest absolute Gasteiger partial charge is 0.491 e. The van der Waals surface area contributed by atoms with Crippen molar-refractivity contribution in [3.8, 4) is 11.6 Å². The number of aliphatic hydroxyl groups is 1. The molecule has 41 heavy (non-hydrogen) atoms. The minimum absolute atomic E-state index is 0.0114. The van der Waals surface area contributed by atoms with Crippen molar-refractivity contribution in [1.82, 2.24) is 19.3 Å². The first-order valence-corrected chi connectivity index (χ1v) is 16.5. The molecule has 1 aromatic carbocycles. The molecule has 2 atom stereocenters. The molecule has 15 heteroatoms. The predicted octanol–water partition coefficient (Wildman–Crippen LogP) is 0.160. The molecule has 2 aromatic rings. The molecule has 3 N–H and O–H groups in total.